The average Bonchev–Trinajstić information content (AvgIpc) is 2.35. The molecule has 0 spiro atoms. The number of methoxy groups -OCH3 is 1. The minimum Gasteiger partial charge on any atom is -0.427 e. The summed E-state index contributed by atoms with van der Waals surface area (Å²) in [5.74, 6) is 0.327. The predicted octanol–water partition coefficient (Wildman–Crippen LogP) is 2.38. The molecule has 4 nitrogen and oxygen atoms in total. The van der Waals surface area contributed by atoms with E-state index in [0.29, 0.717) is 25.2 Å². The van der Waals surface area contributed by atoms with Crippen LogP contribution in [0.15, 0.2) is 30.3 Å². The van der Waals surface area contributed by atoms with Crippen LogP contribution in [0.1, 0.15) is 19.8 Å². The first-order valence-corrected chi connectivity index (χ1v) is 5.62. The summed E-state index contributed by atoms with van der Waals surface area (Å²) < 4.78 is 15.3. The van der Waals surface area contributed by atoms with Crippen LogP contribution >= 0.6 is 0 Å². The molecule has 0 bridgehead atoms. The molecule has 0 heterocycles. The fourth-order valence-electron chi connectivity index (χ4n) is 1.20. The van der Waals surface area contributed by atoms with E-state index in [9.17, 15) is 4.79 Å². The van der Waals surface area contributed by atoms with Crippen molar-refractivity contribution in [2.75, 3.05) is 13.7 Å². The highest BCUT2D eigenvalue weighted by Crippen LogP contribution is 2.09. The molecule has 0 aromatic heterocycles. The molecule has 1 aromatic rings. The van der Waals surface area contributed by atoms with E-state index in [1.807, 2.05) is 25.1 Å². The number of esters is 1. The minimum absolute atomic E-state index is 0.236. The zero-order chi connectivity index (χ0) is 12.5. The summed E-state index contributed by atoms with van der Waals surface area (Å²) in [4.78, 5) is 11.4. The molecular formula is C13H18O4. The molecule has 0 aliphatic rings. The van der Waals surface area contributed by atoms with E-state index in [4.69, 9.17) is 14.2 Å². The SMILES string of the molecule is COC(C)OCCCC(=O)Oc1ccccc1. The number of hydrogen-bond acceptors (Lipinski definition) is 4. The number of carbonyl (C=O) groups excluding carboxylic acids is 1. The van der Waals surface area contributed by atoms with Crippen LogP contribution in [0.3, 0.4) is 0 Å². The predicted molar refractivity (Wildman–Crippen MR) is 63.7 cm³/mol. The van der Waals surface area contributed by atoms with Gasteiger partial charge in [0.05, 0.1) is 6.61 Å². The van der Waals surface area contributed by atoms with Crippen LogP contribution in [-0.4, -0.2) is 26.0 Å². The van der Waals surface area contributed by atoms with Gasteiger partial charge >= 0.3 is 5.97 Å². The first kappa shape index (κ1) is 13.7. The van der Waals surface area contributed by atoms with Gasteiger partial charge in [0.15, 0.2) is 6.29 Å². The third kappa shape index (κ3) is 6.04. The summed E-state index contributed by atoms with van der Waals surface area (Å²) in [5, 5.41) is 0. The molecule has 4 heteroatoms. The quantitative estimate of drug-likeness (QED) is 0.316. The first-order chi connectivity index (χ1) is 8.22. The van der Waals surface area contributed by atoms with Crippen LogP contribution in [0, 0.1) is 0 Å². The van der Waals surface area contributed by atoms with Crippen molar-refractivity contribution < 1.29 is 19.0 Å². The van der Waals surface area contributed by atoms with Gasteiger partial charge in [-0.15, -0.1) is 0 Å². The van der Waals surface area contributed by atoms with Crippen LogP contribution < -0.4 is 4.74 Å². The van der Waals surface area contributed by atoms with Crippen molar-refractivity contribution in [1.82, 2.24) is 0 Å². The number of carbonyl (C=O) groups is 1. The van der Waals surface area contributed by atoms with Crippen LogP contribution in [0.4, 0.5) is 0 Å². The van der Waals surface area contributed by atoms with Crippen molar-refractivity contribution in [3.8, 4) is 5.75 Å². The maximum absolute atomic E-state index is 11.4. The van der Waals surface area contributed by atoms with Gasteiger partial charge in [0.2, 0.25) is 0 Å². The van der Waals surface area contributed by atoms with E-state index < -0.39 is 0 Å². The largest absolute Gasteiger partial charge is 0.427 e. The highest BCUT2D eigenvalue weighted by molar-refractivity contribution is 5.72. The summed E-state index contributed by atoms with van der Waals surface area (Å²) in [6.45, 7) is 2.29. The number of benzene rings is 1. The van der Waals surface area contributed by atoms with E-state index >= 15 is 0 Å². The zero-order valence-electron chi connectivity index (χ0n) is 10.2. The molecule has 1 atom stereocenters. The molecule has 0 radical (unpaired) electrons. The Balaban J connectivity index is 2.14. The highest BCUT2D eigenvalue weighted by atomic mass is 16.7. The van der Waals surface area contributed by atoms with Gasteiger partial charge in [-0.2, -0.15) is 0 Å². The van der Waals surface area contributed by atoms with Gasteiger partial charge in [0.25, 0.3) is 0 Å². The second-order valence-electron chi connectivity index (χ2n) is 3.56. The average molecular weight is 238 g/mol. The maximum Gasteiger partial charge on any atom is 0.311 e. The summed E-state index contributed by atoms with van der Waals surface area (Å²) in [5.41, 5.74) is 0. The van der Waals surface area contributed by atoms with Crippen molar-refractivity contribution in [1.29, 1.82) is 0 Å². The molecule has 0 aliphatic carbocycles. The van der Waals surface area contributed by atoms with Gasteiger partial charge in [0, 0.05) is 13.5 Å². The van der Waals surface area contributed by atoms with Gasteiger partial charge < -0.3 is 14.2 Å². The van der Waals surface area contributed by atoms with Crippen LogP contribution in [0.25, 0.3) is 0 Å². The molecule has 0 saturated carbocycles. The van der Waals surface area contributed by atoms with Crippen molar-refractivity contribution in [2.45, 2.75) is 26.1 Å². The standard InChI is InChI=1S/C13H18O4/c1-11(15-2)16-10-6-9-13(14)17-12-7-4-3-5-8-12/h3-5,7-8,11H,6,9-10H2,1-2H3. The molecule has 1 rings (SSSR count). The van der Waals surface area contributed by atoms with Crippen molar-refractivity contribution >= 4 is 5.97 Å². The van der Waals surface area contributed by atoms with Gasteiger partial charge in [0.1, 0.15) is 5.75 Å². The molecular weight excluding hydrogens is 220 g/mol. The fraction of sp³-hybridized carbons (Fsp3) is 0.462. The second-order valence-corrected chi connectivity index (χ2v) is 3.56. The smallest absolute Gasteiger partial charge is 0.311 e. The Hall–Kier alpha value is -1.39. The molecule has 94 valence electrons. The lowest BCUT2D eigenvalue weighted by molar-refractivity contribution is -0.136. The van der Waals surface area contributed by atoms with E-state index in [1.165, 1.54) is 0 Å². The first-order valence-electron chi connectivity index (χ1n) is 5.62. The van der Waals surface area contributed by atoms with E-state index in [0.717, 1.165) is 0 Å². The molecule has 0 N–H and O–H groups in total. The lowest BCUT2D eigenvalue weighted by atomic mass is 10.3. The molecule has 17 heavy (non-hydrogen) atoms. The molecule has 1 aromatic carbocycles. The fourth-order valence-corrected chi connectivity index (χ4v) is 1.20. The molecule has 0 fully saturated rings. The number of hydrogen-bond donors (Lipinski definition) is 0. The normalized spacial score (nSPS) is 12.1. The summed E-state index contributed by atoms with van der Waals surface area (Å²) in [6.07, 6.45) is 0.727. The molecule has 1 unspecified atom stereocenters. The van der Waals surface area contributed by atoms with Crippen molar-refractivity contribution in [3.63, 3.8) is 0 Å². The Morgan fingerprint density at radius 1 is 1.29 bits per heavy atom. The Morgan fingerprint density at radius 3 is 2.65 bits per heavy atom. The van der Waals surface area contributed by atoms with Gasteiger partial charge in [-0.25, -0.2) is 0 Å². The Bertz CT molecular complexity index is 323. The summed E-state index contributed by atoms with van der Waals surface area (Å²) >= 11 is 0. The van der Waals surface area contributed by atoms with Crippen molar-refractivity contribution in [2.24, 2.45) is 0 Å². The second kappa shape index (κ2) is 7.81. The monoisotopic (exact) mass is 238 g/mol. The van der Waals surface area contributed by atoms with Crippen LogP contribution in [0.5, 0.6) is 5.75 Å². The topological polar surface area (TPSA) is 44.8 Å². The summed E-state index contributed by atoms with van der Waals surface area (Å²) in [7, 11) is 1.58. The molecule has 0 amide bonds. The van der Waals surface area contributed by atoms with Gasteiger partial charge in [-0.1, -0.05) is 18.2 Å². The minimum atomic E-state index is -0.245. The van der Waals surface area contributed by atoms with Crippen LogP contribution in [0.2, 0.25) is 0 Å². The number of rotatable bonds is 7. The zero-order valence-corrected chi connectivity index (χ0v) is 10.2. The lowest BCUT2D eigenvalue weighted by Gasteiger charge is -2.10. The van der Waals surface area contributed by atoms with Gasteiger partial charge in [-0.3, -0.25) is 4.79 Å². The van der Waals surface area contributed by atoms with Crippen LogP contribution in [-0.2, 0) is 14.3 Å². The lowest BCUT2D eigenvalue weighted by Crippen LogP contribution is -2.13. The van der Waals surface area contributed by atoms with E-state index in [-0.39, 0.29) is 12.3 Å². The molecule has 0 aliphatic heterocycles. The van der Waals surface area contributed by atoms with Gasteiger partial charge in [-0.05, 0) is 25.5 Å². The van der Waals surface area contributed by atoms with Crippen molar-refractivity contribution in [3.05, 3.63) is 30.3 Å². The molecule has 0 saturated heterocycles. The Kier molecular flexibility index (Phi) is 6.29. The highest BCUT2D eigenvalue weighted by Gasteiger charge is 2.05. The van der Waals surface area contributed by atoms with E-state index in [1.54, 1.807) is 19.2 Å². The Labute approximate surface area is 101 Å². The summed E-state index contributed by atoms with van der Waals surface area (Å²) in [6, 6.07) is 9.03. The number of para-hydroxylation sites is 1. The third-order valence-electron chi connectivity index (χ3n) is 2.18. The number of ether oxygens (including phenoxy) is 3. The Morgan fingerprint density at radius 2 is 2.00 bits per heavy atom. The van der Waals surface area contributed by atoms with E-state index in [2.05, 4.69) is 0 Å². The third-order valence-corrected chi connectivity index (χ3v) is 2.18. The maximum atomic E-state index is 11.4.